The molecule has 2 fully saturated rings. The predicted molar refractivity (Wildman–Crippen MR) is 101 cm³/mol. The molecule has 4 N–H and O–H groups in total. The average Bonchev–Trinajstić information content (AvgIpc) is 3.01. The van der Waals surface area contributed by atoms with E-state index in [1.807, 2.05) is 30.9 Å². The SMILES string of the molecule is CCC(c1ccc(C(C)(F)F)cc1)N1NC(CO)C2C(=O)NC(N(C)C)NC21. The van der Waals surface area contributed by atoms with Gasteiger partial charge in [-0.05, 0) is 26.1 Å². The summed E-state index contributed by atoms with van der Waals surface area (Å²) in [4.78, 5) is 14.5. The maximum Gasteiger partial charge on any atom is 0.270 e. The van der Waals surface area contributed by atoms with Crippen LogP contribution in [-0.2, 0) is 10.7 Å². The fourth-order valence-corrected chi connectivity index (χ4v) is 4.00. The van der Waals surface area contributed by atoms with Crippen LogP contribution in [0.3, 0.4) is 0 Å². The van der Waals surface area contributed by atoms with Gasteiger partial charge in [-0.25, -0.2) is 19.2 Å². The number of aliphatic hydroxyl groups is 1. The third-order valence-corrected chi connectivity index (χ3v) is 5.54. The van der Waals surface area contributed by atoms with Gasteiger partial charge in [-0.1, -0.05) is 31.2 Å². The molecule has 2 saturated heterocycles. The molecule has 5 unspecified atom stereocenters. The standard InChI is InChI=1S/C19H29F2N5O2/c1-5-14(11-6-8-12(9-7-11)19(2,20)21)26-16-15(13(10-27)24-26)17(28)23-18(22-16)25(3)4/h6-9,13-16,18,22,24,27H,5,10H2,1-4H3,(H,23,28). The number of alkyl halides is 2. The molecule has 0 spiro atoms. The van der Waals surface area contributed by atoms with Gasteiger partial charge < -0.3 is 10.4 Å². The van der Waals surface area contributed by atoms with E-state index in [2.05, 4.69) is 16.1 Å². The number of carbonyl (C=O) groups is 1. The number of nitrogens with one attached hydrogen (secondary N) is 3. The van der Waals surface area contributed by atoms with Gasteiger partial charge in [0.15, 0.2) is 0 Å². The third kappa shape index (κ3) is 3.90. The van der Waals surface area contributed by atoms with Gasteiger partial charge in [-0.3, -0.25) is 15.0 Å². The number of hydrazine groups is 1. The van der Waals surface area contributed by atoms with E-state index >= 15 is 0 Å². The number of halogens is 2. The van der Waals surface area contributed by atoms with Crippen molar-refractivity contribution in [1.82, 2.24) is 26.0 Å². The Morgan fingerprint density at radius 2 is 1.93 bits per heavy atom. The van der Waals surface area contributed by atoms with E-state index in [9.17, 15) is 18.7 Å². The lowest BCUT2D eigenvalue weighted by molar-refractivity contribution is -0.133. The molecule has 1 amide bonds. The predicted octanol–water partition coefficient (Wildman–Crippen LogP) is 0.937. The first kappa shape index (κ1) is 21.1. The molecule has 0 aromatic heterocycles. The second-order valence-electron chi connectivity index (χ2n) is 7.77. The Kier molecular flexibility index (Phi) is 6.02. The summed E-state index contributed by atoms with van der Waals surface area (Å²) >= 11 is 0. The minimum absolute atomic E-state index is 0.0329. The molecular weight excluding hydrogens is 368 g/mol. The first-order chi connectivity index (χ1) is 13.2. The monoisotopic (exact) mass is 397 g/mol. The fourth-order valence-electron chi connectivity index (χ4n) is 4.00. The van der Waals surface area contributed by atoms with Gasteiger partial charge in [0.05, 0.1) is 30.8 Å². The average molecular weight is 397 g/mol. The highest BCUT2D eigenvalue weighted by atomic mass is 19.3. The van der Waals surface area contributed by atoms with Crippen LogP contribution in [0, 0.1) is 5.92 Å². The van der Waals surface area contributed by atoms with E-state index in [4.69, 9.17) is 0 Å². The number of nitrogens with zero attached hydrogens (tertiary/aromatic N) is 2. The first-order valence-electron chi connectivity index (χ1n) is 9.53. The molecule has 7 nitrogen and oxygen atoms in total. The lowest BCUT2D eigenvalue weighted by Crippen LogP contribution is -2.68. The fraction of sp³-hybridized carbons (Fsp3) is 0.632. The summed E-state index contributed by atoms with van der Waals surface area (Å²) in [7, 11) is 3.71. The Morgan fingerprint density at radius 1 is 1.29 bits per heavy atom. The van der Waals surface area contributed by atoms with Crippen LogP contribution >= 0.6 is 0 Å². The molecule has 2 aliphatic heterocycles. The second kappa shape index (κ2) is 8.00. The molecule has 0 saturated carbocycles. The number of carbonyl (C=O) groups excluding carboxylic acids is 1. The summed E-state index contributed by atoms with van der Waals surface area (Å²) in [6, 6.07) is 5.72. The summed E-state index contributed by atoms with van der Waals surface area (Å²) in [6.07, 6.45) is 0.0244. The van der Waals surface area contributed by atoms with Crippen LogP contribution in [0.5, 0.6) is 0 Å². The van der Waals surface area contributed by atoms with Gasteiger partial charge in [0.25, 0.3) is 5.92 Å². The molecule has 156 valence electrons. The van der Waals surface area contributed by atoms with Crippen molar-refractivity contribution in [3.63, 3.8) is 0 Å². The van der Waals surface area contributed by atoms with Gasteiger partial charge in [0.2, 0.25) is 5.91 Å². The van der Waals surface area contributed by atoms with Crippen molar-refractivity contribution in [2.75, 3.05) is 20.7 Å². The van der Waals surface area contributed by atoms with E-state index < -0.39 is 17.9 Å². The first-order valence-corrected chi connectivity index (χ1v) is 9.53. The summed E-state index contributed by atoms with van der Waals surface area (Å²) in [6.45, 7) is 2.70. The zero-order valence-corrected chi connectivity index (χ0v) is 16.6. The number of aliphatic hydroxyl groups excluding tert-OH is 1. The van der Waals surface area contributed by atoms with Crippen LogP contribution in [0.1, 0.15) is 37.4 Å². The van der Waals surface area contributed by atoms with Crippen molar-refractivity contribution in [1.29, 1.82) is 0 Å². The molecule has 0 aliphatic carbocycles. The van der Waals surface area contributed by atoms with Crippen LogP contribution in [-0.4, -0.2) is 60.1 Å². The van der Waals surface area contributed by atoms with E-state index in [1.54, 1.807) is 12.1 Å². The maximum atomic E-state index is 13.5. The Bertz CT molecular complexity index is 695. The van der Waals surface area contributed by atoms with Crippen LogP contribution < -0.4 is 16.1 Å². The topological polar surface area (TPSA) is 79.9 Å². The highest BCUT2D eigenvalue weighted by molar-refractivity contribution is 5.81. The highest BCUT2D eigenvalue weighted by Gasteiger charge is 2.51. The van der Waals surface area contributed by atoms with Crippen molar-refractivity contribution in [2.45, 2.75) is 50.7 Å². The molecule has 5 atom stereocenters. The smallest absolute Gasteiger partial charge is 0.270 e. The van der Waals surface area contributed by atoms with Crippen molar-refractivity contribution >= 4 is 5.91 Å². The van der Waals surface area contributed by atoms with Crippen molar-refractivity contribution < 1.29 is 18.7 Å². The van der Waals surface area contributed by atoms with Gasteiger partial charge in [0.1, 0.15) is 6.29 Å². The lowest BCUT2D eigenvalue weighted by atomic mass is 9.94. The minimum atomic E-state index is -2.89. The van der Waals surface area contributed by atoms with E-state index in [-0.39, 0.29) is 36.6 Å². The summed E-state index contributed by atoms with van der Waals surface area (Å²) in [5, 5.41) is 18.0. The molecule has 0 radical (unpaired) electrons. The highest BCUT2D eigenvalue weighted by Crippen LogP contribution is 2.35. The Hall–Kier alpha value is -1.65. The Labute approximate surface area is 164 Å². The normalized spacial score (nSPS) is 29.6. The minimum Gasteiger partial charge on any atom is -0.395 e. The Morgan fingerprint density at radius 3 is 2.43 bits per heavy atom. The summed E-state index contributed by atoms with van der Waals surface area (Å²) < 4.78 is 27.1. The quantitative estimate of drug-likeness (QED) is 0.572. The van der Waals surface area contributed by atoms with E-state index in [0.717, 1.165) is 12.5 Å². The van der Waals surface area contributed by atoms with Crippen LogP contribution in [0.2, 0.25) is 0 Å². The number of hydrogen-bond donors (Lipinski definition) is 4. The van der Waals surface area contributed by atoms with Crippen LogP contribution in [0.25, 0.3) is 0 Å². The lowest BCUT2D eigenvalue weighted by Gasteiger charge is -2.41. The third-order valence-electron chi connectivity index (χ3n) is 5.54. The number of amides is 1. The van der Waals surface area contributed by atoms with E-state index in [0.29, 0.717) is 6.42 Å². The molecule has 1 aromatic carbocycles. The molecule has 0 bridgehead atoms. The van der Waals surface area contributed by atoms with Gasteiger partial charge in [-0.15, -0.1) is 0 Å². The van der Waals surface area contributed by atoms with Gasteiger partial charge in [0, 0.05) is 12.5 Å². The van der Waals surface area contributed by atoms with Crippen LogP contribution in [0.4, 0.5) is 8.78 Å². The largest absolute Gasteiger partial charge is 0.395 e. The Balaban J connectivity index is 1.89. The van der Waals surface area contributed by atoms with Crippen molar-refractivity contribution in [3.05, 3.63) is 35.4 Å². The molecule has 9 heteroatoms. The molecule has 2 aliphatic rings. The summed E-state index contributed by atoms with van der Waals surface area (Å²) in [5.41, 5.74) is 4.10. The van der Waals surface area contributed by atoms with Crippen molar-refractivity contribution in [3.8, 4) is 0 Å². The maximum absolute atomic E-state index is 13.5. The number of benzene rings is 1. The molecule has 28 heavy (non-hydrogen) atoms. The molecular formula is C19H29F2N5O2. The molecule has 2 heterocycles. The van der Waals surface area contributed by atoms with Gasteiger partial charge in [-0.2, -0.15) is 0 Å². The second-order valence-corrected chi connectivity index (χ2v) is 7.77. The number of fused-ring (bicyclic) bond motifs is 1. The van der Waals surface area contributed by atoms with Gasteiger partial charge >= 0.3 is 0 Å². The summed E-state index contributed by atoms with van der Waals surface area (Å²) in [5.74, 6) is -3.48. The molecule has 1 aromatic rings. The number of rotatable bonds is 6. The van der Waals surface area contributed by atoms with Crippen molar-refractivity contribution in [2.24, 2.45) is 5.92 Å². The zero-order valence-electron chi connectivity index (χ0n) is 16.6. The van der Waals surface area contributed by atoms with Crippen LogP contribution in [0.15, 0.2) is 24.3 Å². The number of hydrogen-bond acceptors (Lipinski definition) is 6. The molecule has 3 rings (SSSR count). The van der Waals surface area contributed by atoms with E-state index in [1.165, 1.54) is 12.1 Å². The zero-order chi connectivity index (χ0) is 20.6.